The number of amides is 4. The van der Waals surface area contributed by atoms with E-state index in [9.17, 15) is 41.5 Å². The van der Waals surface area contributed by atoms with Crippen LogP contribution in [0.1, 0.15) is 61.6 Å². The highest BCUT2D eigenvalue weighted by Gasteiger charge is 2.44. The number of aliphatic hydroxyl groups excluding tert-OH is 1. The second-order valence-electron chi connectivity index (χ2n) is 19.5. The number of β-amino-alcohol motifs (C(OH)–C–C–N with tert-alkyl or cyclic N) is 1. The van der Waals surface area contributed by atoms with E-state index < -0.39 is 73.8 Å². The fourth-order valence-corrected chi connectivity index (χ4v) is 10.8. The molecule has 0 aliphatic carbocycles. The van der Waals surface area contributed by atoms with Gasteiger partial charge in [0.1, 0.15) is 45.6 Å². The van der Waals surface area contributed by atoms with Gasteiger partial charge in [0.25, 0.3) is 21.8 Å². The number of halogens is 2. The number of nitrogens with one attached hydrogen (secondary N) is 4. The predicted octanol–water partition coefficient (Wildman–Crippen LogP) is 6.95. The molecular formula is C54H53F2N11O9S2. The first-order valence-electron chi connectivity index (χ1n) is 24.5. The lowest BCUT2D eigenvalue weighted by molar-refractivity contribution is -0.144. The number of benzene rings is 3. The van der Waals surface area contributed by atoms with E-state index in [4.69, 9.17) is 9.15 Å². The number of nitrogens with zero attached hydrogens (tertiary/aromatic N) is 7. The zero-order valence-electron chi connectivity index (χ0n) is 42.8. The first-order chi connectivity index (χ1) is 37.3. The van der Waals surface area contributed by atoms with Gasteiger partial charge in [-0.2, -0.15) is 0 Å². The first-order valence-corrected chi connectivity index (χ1v) is 26.9. The molecule has 9 rings (SSSR count). The Kier molecular flexibility index (Phi) is 15.8. The van der Waals surface area contributed by atoms with Crippen LogP contribution in [-0.2, 0) is 31.0 Å². The molecule has 0 unspecified atom stereocenters. The van der Waals surface area contributed by atoms with E-state index in [0.717, 1.165) is 33.8 Å². The summed E-state index contributed by atoms with van der Waals surface area (Å²) in [6.45, 7) is 7.58. The summed E-state index contributed by atoms with van der Waals surface area (Å²) < 4.78 is 69.8. The highest BCUT2D eigenvalue weighted by molar-refractivity contribution is 7.92. The highest BCUT2D eigenvalue weighted by Crippen LogP contribution is 2.34. The second-order valence-corrected chi connectivity index (χ2v) is 22.0. The quantitative estimate of drug-likeness (QED) is 0.0545. The maximum atomic E-state index is 14.5. The maximum Gasteiger partial charge on any atom is 0.266 e. The number of fused-ring (bicyclic) bond motifs is 1. The molecule has 5 N–H and O–H groups in total. The molecule has 404 valence electrons. The summed E-state index contributed by atoms with van der Waals surface area (Å²) in [6.07, 6.45) is 3.91. The number of carbonyl (C=O) groups excluding carboxylic acids is 4. The van der Waals surface area contributed by atoms with Gasteiger partial charge in [0, 0.05) is 62.1 Å². The van der Waals surface area contributed by atoms with Crippen molar-refractivity contribution >= 4 is 56.3 Å². The second kappa shape index (κ2) is 22.6. The van der Waals surface area contributed by atoms with Gasteiger partial charge in [0.15, 0.2) is 0 Å². The molecular weight excluding hydrogens is 1050 g/mol. The summed E-state index contributed by atoms with van der Waals surface area (Å²) in [5.41, 5.74) is 6.05. The summed E-state index contributed by atoms with van der Waals surface area (Å²) >= 11 is 1.55. The minimum absolute atomic E-state index is 0.0196. The molecule has 6 heterocycles. The molecule has 20 nitrogen and oxygen atoms in total. The number of anilines is 1. The van der Waals surface area contributed by atoms with Crippen LogP contribution in [-0.4, -0.2) is 110 Å². The van der Waals surface area contributed by atoms with E-state index in [-0.39, 0.29) is 67.8 Å². The van der Waals surface area contributed by atoms with Gasteiger partial charge in [0.05, 0.1) is 46.6 Å². The van der Waals surface area contributed by atoms with Crippen LogP contribution in [0.5, 0.6) is 5.88 Å². The number of methoxy groups -OCH3 is 1. The number of aliphatic hydroxyl groups is 1. The van der Waals surface area contributed by atoms with Crippen molar-refractivity contribution < 1.29 is 50.6 Å². The van der Waals surface area contributed by atoms with Crippen LogP contribution in [0, 0.1) is 24.0 Å². The topological polar surface area (TPSA) is 265 Å². The van der Waals surface area contributed by atoms with Gasteiger partial charge in [-0.05, 0) is 72.4 Å². The van der Waals surface area contributed by atoms with Crippen molar-refractivity contribution in [2.45, 2.75) is 76.6 Å². The van der Waals surface area contributed by atoms with Gasteiger partial charge in [-0.15, -0.1) is 21.5 Å². The number of hydrogen-bond acceptors (Lipinski definition) is 15. The lowest BCUT2D eigenvalue weighted by Gasteiger charge is -2.35. The number of likely N-dealkylation sites (tertiary alicyclic amines) is 1. The standard InChI is InChI=1S/C54H53F2N11O9S2/c1-30-46(77-29-61-30)32-14-12-31(13-15-32)24-59-49(71)41-23-36(68)28-67(41)53(72)47(54(2,3)4)62-45(69)11-8-20-57-48(70)37-9-6-7-10-38(37)50-63-64-52(76-50)42-26-58-44-19-16-33(27-66(42)44)34-21-40(51(75-5)60-25-34)65-78(73,74)43-18-17-35(55)22-39(43)56/h6-7,9-10,12-19,21-22,25-27,29,36,41,47,65,68H,8,11,20,23-24,28H2,1-5H3,(H,57,70)(H,59,71)(H,62,69)/t36-,41+,47-/m1/s1. The highest BCUT2D eigenvalue weighted by atomic mass is 32.2. The Hall–Kier alpha value is -8.48. The lowest BCUT2D eigenvalue weighted by Crippen LogP contribution is -2.57. The Bertz CT molecular complexity index is 3670. The van der Waals surface area contributed by atoms with Crippen LogP contribution in [0.2, 0.25) is 0 Å². The third kappa shape index (κ3) is 11.9. The van der Waals surface area contributed by atoms with Crippen LogP contribution >= 0.6 is 11.3 Å². The Labute approximate surface area is 450 Å². The average molecular weight is 1100 g/mol. The first kappa shape index (κ1) is 54.3. The molecule has 0 radical (unpaired) electrons. The Morgan fingerprint density at radius 1 is 0.910 bits per heavy atom. The number of aryl methyl sites for hydroxylation is 1. The molecule has 5 aromatic heterocycles. The average Bonchev–Trinajstić information content (AvgIpc) is 4.31. The number of imidazole rings is 1. The van der Waals surface area contributed by atoms with E-state index in [0.29, 0.717) is 34.1 Å². The van der Waals surface area contributed by atoms with Crippen molar-refractivity contribution in [2.75, 3.05) is 24.9 Å². The van der Waals surface area contributed by atoms with E-state index >= 15 is 0 Å². The Balaban J connectivity index is 0.812. The SMILES string of the molecule is COc1ncc(-c2ccc3ncc(-c4nnc(-c5ccccc5C(=O)NCCCC(=O)N[C@H](C(=O)N5C[C@H](O)C[C@H]5C(=O)NCc5ccc(-c6scnc6C)cc5)C(C)(C)C)o4)n3c2)cc1NS(=O)(=O)c1ccc(F)cc1F. The largest absolute Gasteiger partial charge is 0.480 e. The Morgan fingerprint density at radius 3 is 2.40 bits per heavy atom. The van der Waals surface area contributed by atoms with Crippen LogP contribution in [0.3, 0.4) is 0 Å². The molecule has 1 aliphatic heterocycles. The Morgan fingerprint density at radius 2 is 1.67 bits per heavy atom. The number of carbonyl (C=O) groups is 4. The van der Waals surface area contributed by atoms with Crippen molar-refractivity contribution in [3.8, 4) is 50.5 Å². The van der Waals surface area contributed by atoms with Crippen molar-refractivity contribution in [2.24, 2.45) is 5.41 Å². The molecule has 0 spiro atoms. The third-order valence-corrected chi connectivity index (χ3v) is 15.3. The molecule has 1 fully saturated rings. The number of hydrogen-bond donors (Lipinski definition) is 5. The molecule has 24 heteroatoms. The summed E-state index contributed by atoms with van der Waals surface area (Å²) in [4.78, 5) is 69.4. The van der Waals surface area contributed by atoms with Gasteiger partial charge in [-0.25, -0.2) is 32.2 Å². The normalized spacial score (nSPS) is 15.0. The smallest absolute Gasteiger partial charge is 0.266 e. The van der Waals surface area contributed by atoms with Crippen LogP contribution in [0.15, 0.2) is 118 Å². The van der Waals surface area contributed by atoms with Gasteiger partial charge in [0.2, 0.25) is 29.5 Å². The molecule has 1 aliphatic rings. The molecule has 8 aromatic rings. The zero-order valence-corrected chi connectivity index (χ0v) is 44.4. The van der Waals surface area contributed by atoms with Crippen LogP contribution in [0.25, 0.3) is 50.3 Å². The fraction of sp³-hybridized carbons (Fsp3) is 0.278. The summed E-state index contributed by atoms with van der Waals surface area (Å²) in [7, 11) is -3.27. The summed E-state index contributed by atoms with van der Waals surface area (Å²) in [5, 5.41) is 27.7. The molecule has 0 saturated carbocycles. The minimum atomic E-state index is -4.55. The molecule has 3 aromatic carbocycles. The van der Waals surface area contributed by atoms with Gasteiger partial charge >= 0.3 is 0 Å². The number of ether oxygens (including phenoxy) is 1. The fourth-order valence-electron chi connectivity index (χ4n) is 8.91. The molecule has 78 heavy (non-hydrogen) atoms. The van der Waals surface area contributed by atoms with Crippen molar-refractivity contribution in [3.63, 3.8) is 0 Å². The van der Waals surface area contributed by atoms with E-state index in [1.807, 2.05) is 31.2 Å². The van der Waals surface area contributed by atoms with Crippen molar-refractivity contribution in [1.29, 1.82) is 0 Å². The number of pyridine rings is 2. The number of aromatic nitrogens is 6. The van der Waals surface area contributed by atoms with Crippen LogP contribution < -0.4 is 25.4 Å². The van der Waals surface area contributed by atoms with Gasteiger partial charge in [-0.3, -0.25) is 28.3 Å². The maximum absolute atomic E-state index is 14.5. The van der Waals surface area contributed by atoms with Crippen molar-refractivity contribution in [1.82, 2.24) is 50.4 Å². The minimum Gasteiger partial charge on any atom is -0.480 e. The van der Waals surface area contributed by atoms with Crippen molar-refractivity contribution in [3.05, 3.63) is 137 Å². The summed E-state index contributed by atoms with van der Waals surface area (Å²) in [5.74, 6) is -4.10. The zero-order chi connectivity index (χ0) is 55.5. The molecule has 1 saturated heterocycles. The number of thiazole rings is 1. The molecule has 4 amide bonds. The third-order valence-electron chi connectivity index (χ3n) is 12.9. The van der Waals surface area contributed by atoms with E-state index in [2.05, 4.69) is 45.8 Å². The van der Waals surface area contributed by atoms with E-state index in [1.54, 1.807) is 84.6 Å². The molecule has 3 atom stereocenters. The van der Waals surface area contributed by atoms with Gasteiger partial charge in [-0.1, -0.05) is 57.2 Å². The lowest BCUT2D eigenvalue weighted by atomic mass is 9.85. The number of rotatable bonds is 18. The summed E-state index contributed by atoms with van der Waals surface area (Å²) in [6, 6.07) is 19.3. The monoisotopic (exact) mass is 1100 g/mol. The van der Waals surface area contributed by atoms with Crippen LogP contribution in [0.4, 0.5) is 14.5 Å². The molecule has 0 bridgehead atoms. The predicted molar refractivity (Wildman–Crippen MR) is 284 cm³/mol. The van der Waals surface area contributed by atoms with Gasteiger partial charge < -0.3 is 35.1 Å². The number of sulfonamides is 1. The van der Waals surface area contributed by atoms with E-state index in [1.165, 1.54) is 30.5 Å².